The average Bonchev–Trinajstić information content (AvgIpc) is 3.71. The fourth-order valence-corrected chi connectivity index (χ4v) is 6.29. The van der Waals surface area contributed by atoms with Crippen LogP contribution in [-0.4, -0.2) is 82.9 Å². The number of nitrogens with zero attached hydrogens (tertiary/aromatic N) is 7. The van der Waals surface area contributed by atoms with Gasteiger partial charge in [0.25, 0.3) is 0 Å². The third-order valence-electron chi connectivity index (χ3n) is 8.52. The summed E-state index contributed by atoms with van der Waals surface area (Å²) in [6.07, 6.45) is 7.40. The molecule has 11 nitrogen and oxygen atoms in total. The molecule has 2 fully saturated rings. The van der Waals surface area contributed by atoms with Crippen molar-refractivity contribution in [3.63, 3.8) is 0 Å². The summed E-state index contributed by atoms with van der Waals surface area (Å²) in [5, 5.41) is 20.6. The van der Waals surface area contributed by atoms with E-state index < -0.39 is 11.4 Å². The number of aromatic nitrogens is 3. The lowest BCUT2D eigenvalue weighted by atomic mass is 10.0. The minimum atomic E-state index is -1.34. The molecule has 2 aliphatic rings. The highest BCUT2D eigenvalue weighted by molar-refractivity contribution is 6.31. The van der Waals surface area contributed by atoms with Gasteiger partial charge in [-0.3, -0.25) is 4.79 Å². The second kappa shape index (κ2) is 12.1. The molecule has 0 radical (unpaired) electrons. The second-order valence-electron chi connectivity index (χ2n) is 11.4. The van der Waals surface area contributed by atoms with Crippen molar-refractivity contribution in [1.29, 1.82) is 5.26 Å². The zero-order valence-electron chi connectivity index (χ0n) is 24.5. The van der Waals surface area contributed by atoms with Crippen molar-refractivity contribution in [3.05, 3.63) is 81.4 Å². The number of hydrogen-bond donors (Lipinski definition) is 1. The van der Waals surface area contributed by atoms with Crippen molar-refractivity contribution < 1.29 is 14.6 Å². The highest BCUT2D eigenvalue weighted by Gasteiger charge is 2.29. The molecule has 0 unspecified atom stereocenters. The van der Waals surface area contributed by atoms with E-state index in [1.54, 1.807) is 35.2 Å². The summed E-state index contributed by atoms with van der Waals surface area (Å²) in [6.45, 7) is 2.76. The Balaban J connectivity index is 1.40. The van der Waals surface area contributed by atoms with E-state index >= 15 is 0 Å². The lowest BCUT2D eigenvalue weighted by Gasteiger charge is -2.28. The van der Waals surface area contributed by atoms with Gasteiger partial charge in [-0.15, -0.1) is 0 Å². The summed E-state index contributed by atoms with van der Waals surface area (Å²) in [4.78, 5) is 40.9. The van der Waals surface area contributed by atoms with Gasteiger partial charge < -0.3 is 29.1 Å². The number of fused-ring (bicyclic) bond motifs is 1. The van der Waals surface area contributed by atoms with Crippen LogP contribution in [0.4, 0.5) is 11.5 Å². The molecule has 0 spiro atoms. The standard InChI is InChI=1S/C32H32ClN7O4/c1-37(2)22-9-12-38(17-22)29-8-7-21(16-36-29)40-18-25(32(42)43)30(41)24-13-20(15-34)27(14-28(24)40)39-11-4-5-23(39)19-44-31-26(33)6-3-10-35-31/h3,6-8,10,13-14,16,18,22-23H,4-5,9,11-12,17,19H2,1-2H3,(H,42,43)/t22-,23+/m0/s1. The number of anilines is 2. The van der Waals surface area contributed by atoms with Gasteiger partial charge in [-0.25, -0.2) is 14.8 Å². The van der Waals surface area contributed by atoms with E-state index in [4.69, 9.17) is 21.3 Å². The van der Waals surface area contributed by atoms with Gasteiger partial charge in [0.05, 0.1) is 34.7 Å². The number of carboxylic acids is 1. The first-order valence-electron chi connectivity index (χ1n) is 14.5. The number of likely N-dealkylation sites (N-methyl/N-ethyl adjacent to an activating group) is 1. The molecule has 1 aromatic carbocycles. The third-order valence-corrected chi connectivity index (χ3v) is 8.81. The lowest BCUT2D eigenvalue weighted by Crippen LogP contribution is -2.35. The zero-order chi connectivity index (χ0) is 31.0. The molecule has 0 bridgehead atoms. The van der Waals surface area contributed by atoms with Crippen LogP contribution < -0.4 is 20.0 Å². The Morgan fingerprint density at radius 1 is 1.20 bits per heavy atom. The Bertz CT molecular complexity index is 1820. The number of aromatic carboxylic acids is 1. The van der Waals surface area contributed by atoms with Crippen molar-refractivity contribution in [2.75, 3.05) is 50.1 Å². The number of rotatable bonds is 8. The average molecular weight is 614 g/mol. The molecule has 44 heavy (non-hydrogen) atoms. The van der Waals surface area contributed by atoms with Crippen LogP contribution in [0.2, 0.25) is 5.02 Å². The van der Waals surface area contributed by atoms with E-state index in [1.807, 2.05) is 12.1 Å². The molecule has 2 aliphatic heterocycles. The fraction of sp³-hybridized carbons (Fsp3) is 0.344. The van der Waals surface area contributed by atoms with Gasteiger partial charge in [-0.1, -0.05) is 11.6 Å². The Hall–Kier alpha value is -4.66. The minimum absolute atomic E-state index is 0.0662. The van der Waals surface area contributed by atoms with Crippen molar-refractivity contribution >= 4 is 40.0 Å². The number of hydrogen-bond acceptors (Lipinski definition) is 9. The molecule has 0 amide bonds. The SMILES string of the molecule is CN(C)[C@H]1CCN(c2ccc(-n3cc(C(=O)O)c(=O)c4cc(C#N)c(N5CCC[C@@H]5COc5ncccc5Cl)cc43)cn2)C1. The summed E-state index contributed by atoms with van der Waals surface area (Å²) < 4.78 is 7.63. The van der Waals surface area contributed by atoms with Crippen LogP contribution in [0, 0.1) is 11.3 Å². The van der Waals surface area contributed by atoms with E-state index in [0.29, 0.717) is 47.0 Å². The van der Waals surface area contributed by atoms with Crippen LogP contribution in [0.3, 0.4) is 0 Å². The van der Waals surface area contributed by atoms with Gasteiger partial charge in [0.15, 0.2) is 0 Å². The number of carbonyl (C=O) groups is 1. The number of ether oxygens (including phenoxy) is 1. The normalized spacial score (nSPS) is 18.2. The number of benzene rings is 1. The predicted octanol–water partition coefficient (Wildman–Crippen LogP) is 4.19. The monoisotopic (exact) mass is 613 g/mol. The fourth-order valence-electron chi connectivity index (χ4n) is 6.11. The summed E-state index contributed by atoms with van der Waals surface area (Å²) in [5.41, 5.74) is 0.985. The molecular weight excluding hydrogens is 582 g/mol. The van der Waals surface area contributed by atoms with Gasteiger partial charge >= 0.3 is 5.97 Å². The molecular formula is C32H32ClN7O4. The number of carboxylic acid groups (broad SMARTS) is 1. The van der Waals surface area contributed by atoms with Crippen molar-refractivity contribution in [3.8, 4) is 17.6 Å². The molecule has 2 atom stereocenters. The molecule has 6 rings (SSSR count). The topological polar surface area (TPSA) is 128 Å². The van der Waals surface area contributed by atoms with Crippen molar-refractivity contribution in [1.82, 2.24) is 19.4 Å². The smallest absolute Gasteiger partial charge is 0.341 e. The maximum absolute atomic E-state index is 13.3. The van der Waals surface area contributed by atoms with E-state index in [2.05, 4.69) is 39.8 Å². The van der Waals surface area contributed by atoms with Crippen LogP contribution in [-0.2, 0) is 0 Å². The minimum Gasteiger partial charge on any atom is -0.477 e. The third kappa shape index (κ3) is 5.54. The molecule has 5 heterocycles. The van der Waals surface area contributed by atoms with Gasteiger partial charge in [-0.2, -0.15) is 5.26 Å². The number of halogens is 1. The van der Waals surface area contributed by atoms with Crippen molar-refractivity contribution in [2.45, 2.75) is 31.3 Å². The molecule has 1 N–H and O–H groups in total. The van der Waals surface area contributed by atoms with Gasteiger partial charge in [-0.05, 0) is 69.8 Å². The van der Waals surface area contributed by atoms with Gasteiger partial charge in [0.2, 0.25) is 11.3 Å². The van der Waals surface area contributed by atoms with E-state index in [1.165, 1.54) is 12.3 Å². The van der Waals surface area contributed by atoms with Crippen LogP contribution in [0.5, 0.6) is 5.88 Å². The van der Waals surface area contributed by atoms with E-state index in [9.17, 15) is 20.0 Å². The summed E-state index contributed by atoms with van der Waals surface area (Å²) in [5.74, 6) is -0.158. The lowest BCUT2D eigenvalue weighted by molar-refractivity contribution is 0.0695. The first-order chi connectivity index (χ1) is 21.2. The second-order valence-corrected chi connectivity index (χ2v) is 11.8. The van der Waals surface area contributed by atoms with E-state index in [-0.39, 0.29) is 22.6 Å². The van der Waals surface area contributed by atoms with Crippen LogP contribution in [0.25, 0.3) is 16.6 Å². The highest BCUT2D eigenvalue weighted by atomic mass is 35.5. The summed E-state index contributed by atoms with van der Waals surface area (Å²) in [6, 6.07) is 13.1. The molecule has 0 saturated carbocycles. The molecule has 0 aliphatic carbocycles. The molecule has 4 aromatic rings. The largest absolute Gasteiger partial charge is 0.477 e. The number of pyridine rings is 3. The molecule has 3 aromatic heterocycles. The first-order valence-corrected chi connectivity index (χ1v) is 14.9. The van der Waals surface area contributed by atoms with Crippen LogP contribution >= 0.6 is 11.6 Å². The molecule has 12 heteroatoms. The Morgan fingerprint density at radius 3 is 2.73 bits per heavy atom. The van der Waals surface area contributed by atoms with Gasteiger partial charge in [0, 0.05) is 43.5 Å². The maximum atomic E-state index is 13.3. The van der Waals surface area contributed by atoms with Crippen molar-refractivity contribution in [2.24, 2.45) is 0 Å². The highest BCUT2D eigenvalue weighted by Crippen LogP contribution is 2.33. The molecule has 226 valence electrons. The van der Waals surface area contributed by atoms with Gasteiger partial charge in [0.1, 0.15) is 29.1 Å². The molecule has 2 saturated heterocycles. The predicted molar refractivity (Wildman–Crippen MR) is 168 cm³/mol. The summed E-state index contributed by atoms with van der Waals surface area (Å²) >= 11 is 6.24. The zero-order valence-corrected chi connectivity index (χ0v) is 25.2. The number of nitriles is 1. The first kappa shape index (κ1) is 29.4. The van der Waals surface area contributed by atoms with E-state index in [0.717, 1.165) is 38.2 Å². The maximum Gasteiger partial charge on any atom is 0.341 e. The van der Waals surface area contributed by atoms with Crippen LogP contribution in [0.15, 0.2) is 59.8 Å². The Labute approximate surface area is 259 Å². The Morgan fingerprint density at radius 2 is 2.05 bits per heavy atom. The Kier molecular flexibility index (Phi) is 8.12. The summed E-state index contributed by atoms with van der Waals surface area (Å²) in [7, 11) is 4.15. The quantitative estimate of drug-likeness (QED) is 0.309. The van der Waals surface area contributed by atoms with Crippen LogP contribution in [0.1, 0.15) is 35.2 Å².